The highest BCUT2D eigenvalue weighted by molar-refractivity contribution is 7.92. The van der Waals surface area contributed by atoms with Crippen molar-refractivity contribution in [2.75, 3.05) is 13.1 Å². The van der Waals surface area contributed by atoms with Gasteiger partial charge in [-0.25, -0.2) is 13.4 Å². The quantitative estimate of drug-likeness (QED) is 0.556. The third-order valence-corrected chi connectivity index (χ3v) is 9.94. The summed E-state index contributed by atoms with van der Waals surface area (Å²) in [6.45, 7) is 2.32. The number of carbonyl (C=O) groups excluding carboxylic acids is 1. The molecule has 1 saturated carbocycles. The second-order valence-corrected chi connectivity index (χ2v) is 12.1. The maximum atomic E-state index is 13.3. The molecule has 5 rings (SSSR count). The second-order valence-electron chi connectivity index (χ2n) is 8.79. The number of rotatable bonds is 6. The van der Waals surface area contributed by atoms with Gasteiger partial charge in [-0.1, -0.05) is 18.6 Å². The number of hydrazine groups is 1. The molecule has 2 fully saturated rings. The van der Waals surface area contributed by atoms with Crippen LogP contribution in [-0.2, 0) is 16.4 Å². The van der Waals surface area contributed by atoms with Gasteiger partial charge in [0.05, 0.1) is 19.7 Å². The van der Waals surface area contributed by atoms with Crippen LogP contribution in [-0.4, -0.2) is 48.7 Å². The lowest BCUT2D eigenvalue weighted by atomic mass is 9.94. The molecule has 3 heterocycles. The molecule has 174 valence electrons. The van der Waals surface area contributed by atoms with Gasteiger partial charge in [-0.05, 0) is 60.9 Å². The van der Waals surface area contributed by atoms with Crippen molar-refractivity contribution in [1.82, 2.24) is 20.7 Å². The van der Waals surface area contributed by atoms with E-state index in [1.165, 1.54) is 11.3 Å². The molecule has 2 unspecified atom stereocenters. The molecular formula is C24H28N4O3S2. The van der Waals surface area contributed by atoms with Gasteiger partial charge >= 0.3 is 0 Å². The predicted molar refractivity (Wildman–Crippen MR) is 130 cm³/mol. The van der Waals surface area contributed by atoms with Crippen molar-refractivity contribution in [3.63, 3.8) is 0 Å². The summed E-state index contributed by atoms with van der Waals surface area (Å²) in [5, 5.41) is 5.82. The maximum absolute atomic E-state index is 13.3. The fraction of sp³-hybridized carbons (Fsp3) is 0.417. The van der Waals surface area contributed by atoms with Gasteiger partial charge in [0.1, 0.15) is 0 Å². The molecule has 2 aromatic heterocycles. The number of hydrogen-bond donors (Lipinski definition) is 2. The van der Waals surface area contributed by atoms with Crippen LogP contribution in [0.25, 0.3) is 10.1 Å². The minimum absolute atomic E-state index is 0.142. The van der Waals surface area contributed by atoms with Crippen LogP contribution in [0.2, 0.25) is 0 Å². The van der Waals surface area contributed by atoms with E-state index in [2.05, 4.69) is 20.7 Å². The average Bonchev–Trinajstić information content (AvgIpc) is 3.53. The lowest BCUT2D eigenvalue weighted by Gasteiger charge is -2.34. The molecule has 1 aliphatic carbocycles. The fourth-order valence-corrected chi connectivity index (χ4v) is 7.60. The van der Waals surface area contributed by atoms with Crippen molar-refractivity contribution in [1.29, 1.82) is 0 Å². The molecule has 2 atom stereocenters. The van der Waals surface area contributed by atoms with E-state index in [-0.39, 0.29) is 11.2 Å². The van der Waals surface area contributed by atoms with Crippen LogP contribution >= 0.6 is 11.3 Å². The smallest absolute Gasteiger partial charge is 0.261 e. The first-order valence-corrected chi connectivity index (χ1v) is 13.8. The molecule has 1 aromatic carbocycles. The second kappa shape index (κ2) is 9.50. The minimum atomic E-state index is -3.38. The number of fused-ring (bicyclic) bond motifs is 1. The molecule has 1 saturated heterocycles. The Hall–Kier alpha value is -2.33. The van der Waals surface area contributed by atoms with E-state index >= 15 is 0 Å². The van der Waals surface area contributed by atoms with Crippen molar-refractivity contribution in [2.24, 2.45) is 0 Å². The first-order chi connectivity index (χ1) is 16.0. The fourth-order valence-electron chi connectivity index (χ4n) is 4.80. The number of carbonyl (C=O) groups is 1. The van der Waals surface area contributed by atoms with Gasteiger partial charge in [0.15, 0.2) is 9.84 Å². The number of pyridine rings is 1. The summed E-state index contributed by atoms with van der Waals surface area (Å²) in [6, 6.07) is 11.0. The van der Waals surface area contributed by atoms with Crippen LogP contribution < -0.4 is 10.7 Å². The number of nitrogens with one attached hydrogen (secondary N) is 2. The SMILES string of the molecule is O=C(NCc1ccc(S(=O)(=O)C2CCCC(N3CCCN3)C2)cc1)c1cc2ccncc2s1. The molecule has 3 aromatic rings. The zero-order valence-electron chi connectivity index (χ0n) is 18.4. The van der Waals surface area contributed by atoms with Crippen LogP contribution in [0.5, 0.6) is 0 Å². The van der Waals surface area contributed by atoms with E-state index in [9.17, 15) is 13.2 Å². The third kappa shape index (κ3) is 4.82. The molecule has 2 aliphatic rings. The van der Waals surface area contributed by atoms with Gasteiger partial charge in [0.25, 0.3) is 5.91 Å². The molecule has 0 bridgehead atoms. The van der Waals surface area contributed by atoms with Gasteiger partial charge in [-0.3, -0.25) is 15.2 Å². The third-order valence-electron chi connectivity index (χ3n) is 6.62. The minimum Gasteiger partial charge on any atom is -0.347 e. The summed E-state index contributed by atoms with van der Waals surface area (Å²) < 4.78 is 27.5. The molecule has 7 nitrogen and oxygen atoms in total. The Bertz CT molecular complexity index is 1200. The van der Waals surface area contributed by atoms with E-state index in [1.807, 2.05) is 12.1 Å². The zero-order chi connectivity index (χ0) is 22.8. The van der Waals surface area contributed by atoms with Crippen molar-refractivity contribution >= 4 is 37.2 Å². The molecule has 9 heteroatoms. The Morgan fingerprint density at radius 1 is 1.18 bits per heavy atom. The highest BCUT2D eigenvalue weighted by atomic mass is 32.2. The Kier molecular flexibility index (Phi) is 6.47. The molecule has 0 spiro atoms. The van der Waals surface area contributed by atoms with E-state index < -0.39 is 9.84 Å². The van der Waals surface area contributed by atoms with Crippen LogP contribution in [0.3, 0.4) is 0 Å². The molecule has 1 aliphatic heterocycles. The maximum Gasteiger partial charge on any atom is 0.261 e. The number of aromatic nitrogens is 1. The number of sulfone groups is 1. The normalized spacial score (nSPS) is 21.9. The monoisotopic (exact) mass is 484 g/mol. The zero-order valence-corrected chi connectivity index (χ0v) is 20.0. The lowest BCUT2D eigenvalue weighted by molar-refractivity contribution is 0.0955. The van der Waals surface area contributed by atoms with Gasteiger partial charge in [-0.15, -0.1) is 11.3 Å². The number of hydrogen-bond acceptors (Lipinski definition) is 7. The van der Waals surface area contributed by atoms with Crippen LogP contribution in [0.1, 0.15) is 47.3 Å². The summed E-state index contributed by atoms with van der Waals surface area (Å²) in [5.41, 5.74) is 4.26. The molecule has 2 N–H and O–H groups in total. The summed E-state index contributed by atoms with van der Waals surface area (Å²) in [7, 11) is -3.38. The highest BCUT2D eigenvalue weighted by Gasteiger charge is 2.35. The van der Waals surface area contributed by atoms with Gasteiger partial charge in [0.2, 0.25) is 0 Å². The number of benzene rings is 1. The summed E-state index contributed by atoms with van der Waals surface area (Å²) >= 11 is 1.41. The Labute approximate surface area is 198 Å². The van der Waals surface area contributed by atoms with Crippen molar-refractivity contribution in [3.05, 3.63) is 59.2 Å². The van der Waals surface area contributed by atoms with Gasteiger partial charge in [0, 0.05) is 38.1 Å². The van der Waals surface area contributed by atoms with Crippen LogP contribution in [0.15, 0.2) is 53.7 Å². The number of nitrogens with zero attached hydrogens (tertiary/aromatic N) is 2. The lowest BCUT2D eigenvalue weighted by Crippen LogP contribution is -2.45. The van der Waals surface area contributed by atoms with Crippen molar-refractivity contribution < 1.29 is 13.2 Å². The van der Waals surface area contributed by atoms with Crippen molar-refractivity contribution in [3.8, 4) is 0 Å². The van der Waals surface area contributed by atoms with Crippen LogP contribution in [0.4, 0.5) is 0 Å². The van der Waals surface area contributed by atoms with E-state index in [0.717, 1.165) is 54.4 Å². The Balaban J connectivity index is 1.21. The Morgan fingerprint density at radius 2 is 2.03 bits per heavy atom. The number of amides is 1. The van der Waals surface area contributed by atoms with Crippen LogP contribution in [0, 0.1) is 0 Å². The van der Waals surface area contributed by atoms with Crippen molar-refractivity contribution in [2.45, 2.75) is 54.8 Å². The van der Waals surface area contributed by atoms with E-state index in [4.69, 9.17) is 0 Å². The summed E-state index contributed by atoms with van der Waals surface area (Å²) in [4.78, 5) is 17.6. The van der Waals surface area contributed by atoms with E-state index in [1.54, 1.807) is 36.7 Å². The molecule has 1 amide bonds. The largest absolute Gasteiger partial charge is 0.347 e. The highest BCUT2D eigenvalue weighted by Crippen LogP contribution is 2.31. The first-order valence-electron chi connectivity index (χ1n) is 11.5. The summed E-state index contributed by atoms with van der Waals surface area (Å²) in [5.74, 6) is -0.142. The topological polar surface area (TPSA) is 91.4 Å². The Morgan fingerprint density at radius 3 is 2.79 bits per heavy atom. The van der Waals surface area contributed by atoms with Gasteiger partial charge in [-0.2, -0.15) is 0 Å². The average molecular weight is 485 g/mol. The first kappa shape index (κ1) is 22.5. The molecule has 33 heavy (non-hydrogen) atoms. The van der Waals surface area contributed by atoms with E-state index in [0.29, 0.717) is 28.8 Å². The molecule has 0 radical (unpaired) electrons. The predicted octanol–water partition coefficient (Wildman–Crippen LogP) is 3.52. The standard InChI is InChI=1S/C24H28N4O3S2/c29-24(22-13-18-9-11-25-16-23(18)32-22)26-15-17-5-7-20(8-6-17)33(30,31)21-4-1-3-19(14-21)28-12-2-10-27-28/h5-9,11,13,16,19,21,27H,1-4,10,12,14-15H2,(H,26,29). The number of thiophene rings is 1. The summed E-state index contributed by atoms with van der Waals surface area (Å²) in [6.07, 6.45) is 7.97. The molecular weight excluding hydrogens is 456 g/mol. The van der Waals surface area contributed by atoms with Gasteiger partial charge < -0.3 is 5.32 Å².